The molecule has 3 N–H and O–H groups in total. The highest BCUT2D eigenvalue weighted by atomic mass is 32.2. The molecule has 7 nitrogen and oxygen atoms in total. The Balaban J connectivity index is 2.47. The number of nitrogens with two attached hydrogens (primary N) is 1. The number of nitrogens with zero attached hydrogens (tertiary/aromatic N) is 3. The Hall–Kier alpha value is -1.57. The molecule has 0 aromatic carbocycles. The summed E-state index contributed by atoms with van der Waals surface area (Å²) in [5.74, 6) is 6.27. The molecular formula is C13H23N5O2S. The Morgan fingerprint density at radius 2 is 2.00 bits per heavy atom. The van der Waals surface area contributed by atoms with Gasteiger partial charge in [0, 0.05) is 6.04 Å². The zero-order valence-corrected chi connectivity index (χ0v) is 13.7. The third-order valence-electron chi connectivity index (χ3n) is 2.94. The molecule has 1 amide bonds. The van der Waals surface area contributed by atoms with Gasteiger partial charge in [-0.2, -0.15) is 4.68 Å². The van der Waals surface area contributed by atoms with Crippen LogP contribution >= 0.6 is 11.8 Å². The minimum atomic E-state index is -0.404. The van der Waals surface area contributed by atoms with E-state index in [0.29, 0.717) is 5.92 Å². The van der Waals surface area contributed by atoms with Crippen LogP contribution in [0.15, 0.2) is 9.95 Å². The van der Waals surface area contributed by atoms with E-state index in [4.69, 9.17) is 5.84 Å². The average Bonchev–Trinajstić information content (AvgIpc) is 2.42. The predicted molar refractivity (Wildman–Crippen MR) is 83.6 cm³/mol. The molecule has 0 bridgehead atoms. The molecule has 0 radical (unpaired) electrons. The van der Waals surface area contributed by atoms with Gasteiger partial charge in [0.1, 0.15) is 5.69 Å². The second-order valence-corrected chi connectivity index (χ2v) is 6.41. The fourth-order valence-corrected chi connectivity index (χ4v) is 2.33. The molecule has 0 aliphatic rings. The molecule has 1 heterocycles. The fourth-order valence-electron chi connectivity index (χ4n) is 1.67. The lowest BCUT2D eigenvalue weighted by Gasteiger charge is -2.15. The summed E-state index contributed by atoms with van der Waals surface area (Å²) in [7, 11) is 0. The topological polar surface area (TPSA) is 103 Å². The third-order valence-corrected chi connectivity index (χ3v) is 3.88. The van der Waals surface area contributed by atoms with Gasteiger partial charge in [-0.15, -0.1) is 10.2 Å². The maximum atomic E-state index is 11.8. The van der Waals surface area contributed by atoms with Crippen LogP contribution in [0.4, 0.5) is 0 Å². The normalized spacial score (nSPS) is 12.4. The fraction of sp³-hybridized carbons (Fsp3) is 0.692. The van der Waals surface area contributed by atoms with Gasteiger partial charge in [-0.25, -0.2) is 0 Å². The summed E-state index contributed by atoms with van der Waals surface area (Å²) < 4.78 is 0.919. The molecule has 0 fully saturated rings. The first kappa shape index (κ1) is 17.5. The van der Waals surface area contributed by atoms with Gasteiger partial charge in [0.2, 0.25) is 11.1 Å². The van der Waals surface area contributed by atoms with Crippen LogP contribution in [0.3, 0.4) is 0 Å². The summed E-state index contributed by atoms with van der Waals surface area (Å²) in [6, 6.07) is 0.129. The van der Waals surface area contributed by atoms with E-state index in [-0.39, 0.29) is 28.6 Å². The summed E-state index contributed by atoms with van der Waals surface area (Å²) in [4.78, 5) is 23.4. The number of thioether (sulfide) groups is 1. The van der Waals surface area contributed by atoms with Crippen LogP contribution in [0, 0.1) is 12.8 Å². The number of hydrogen-bond donors (Lipinski definition) is 2. The highest BCUT2D eigenvalue weighted by Crippen LogP contribution is 2.11. The van der Waals surface area contributed by atoms with Gasteiger partial charge in [0.05, 0.1) is 5.75 Å². The average molecular weight is 313 g/mol. The second-order valence-electron chi connectivity index (χ2n) is 5.47. The Morgan fingerprint density at radius 3 is 2.62 bits per heavy atom. The number of rotatable bonds is 7. The second kappa shape index (κ2) is 8.02. The van der Waals surface area contributed by atoms with Gasteiger partial charge in [0.15, 0.2) is 0 Å². The highest BCUT2D eigenvalue weighted by molar-refractivity contribution is 7.99. The Bertz CT molecular complexity index is 544. The number of nitrogens with one attached hydrogen (secondary N) is 1. The number of aromatic nitrogens is 3. The van der Waals surface area contributed by atoms with Crippen LogP contribution in [-0.4, -0.2) is 32.6 Å². The maximum Gasteiger partial charge on any atom is 0.294 e. The summed E-state index contributed by atoms with van der Waals surface area (Å²) in [6.07, 6.45) is 2.01. The van der Waals surface area contributed by atoms with E-state index in [2.05, 4.69) is 29.4 Å². The van der Waals surface area contributed by atoms with Crippen molar-refractivity contribution >= 4 is 17.7 Å². The molecule has 1 aromatic heterocycles. The van der Waals surface area contributed by atoms with E-state index in [1.807, 2.05) is 6.92 Å². The molecule has 0 spiro atoms. The van der Waals surface area contributed by atoms with Gasteiger partial charge in [-0.05, 0) is 32.6 Å². The van der Waals surface area contributed by atoms with Crippen molar-refractivity contribution in [3.63, 3.8) is 0 Å². The van der Waals surface area contributed by atoms with Crippen LogP contribution in [0.1, 0.15) is 39.3 Å². The van der Waals surface area contributed by atoms with Crippen molar-refractivity contribution in [2.45, 2.75) is 51.7 Å². The smallest absolute Gasteiger partial charge is 0.294 e. The third kappa shape index (κ3) is 5.74. The van der Waals surface area contributed by atoms with E-state index in [0.717, 1.165) is 29.3 Å². The van der Waals surface area contributed by atoms with Gasteiger partial charge in [-0.3, -0.25) is 9.59 Å². The minimum absolute atomic E-state index is 0.105. The van der Waals surface area contributed by atoms with E-state index >= 15 is 0 Å². The molecule has 0 aliphatic heterocycles. The van der Waals surface area contributed by atoms with Crippen molar-refractivity contribution < 1.29 is 4.79 Å². The van der Waals surface area contributed by atoms with E-state index < -0.39 is 5.56 Å². The Kier molecular flexibility index (Phi) is 6.67. The molecule has 0 aliphatic carbocycles. The Labute approximate surface area is 128 Å². The molecule has 1 rings (SSSR count). The van der Waals surface area contributed by atoms with Crippen molar-refractivity contribution in [3.8, 4) is 0 Å². The lowest BCUT2D eigenvalue weighted by atomic mass is 10.0. The summed E-state index contributed by atoms with van der Waals surface area (Å²) >= 11 is 1.10. The zero-order chi connectivity index (χ0) is 16.0. The van der Waals surface area contributed by atoms with E-state index in [9.17, 15) is 9.59 Å². The lowest BCUT2D eigenvalue weighted by molar-refractivity contribution is -0.119. The molecule has 0 saturated heterocycles. The zero-order valence-electron chi connectivity index (χ0n) is 12.9. The first-order valence-corrected chi connectivity index (χ1v) is 7.93. The summed E-state index contributed by atoms with van der Waals surface area (Å²) in [5, 5.41) is 10.7. The first-order valence-electron chi connectivity index (χ1n) is 6.94. The molecule has 0 saturated carbocycles. The van der Waals surface area contributed by atoms with Crippen LogP contribution in [0.2, 0.25) is 0 Å². The minimum Gasteiger partial charge on any atom is -0.353 e. The predicted octanol–water partition coefficient (Wildman–Crippen LogP) is 0.694. The SMILES string of the molecule is Cc1nnc(SCC(=O)N[C@H](C)CCC(C)C)n(N)c1=O. The lowest BCUT2D eigenvalue weighted by Crippen LogP contribution is -2.35. The molecule has 1 aromatic rings. The quantitative estimate of drug-likeness (QED) is 0.567. The molecular weight excluding hydrogens is 290 g/mol. The summed E-state index contributed by atoms with van der Waals surface area (Å²) in [6.45, 7) is 7.83. The van der Waals surface area contributed by atoms with Crippen LogP contribution in [0.5, 0.6) is 0 Å². The van der Waals surface area contributed by atoms with E-state index in [1.54, 1.807) is 0 Å². The highest BCUT2D eigenvalue weighted by Gasteiger charge is 2.12. The van der Waals surface area contributed by atoms with Crippen molar-refractivity contribution in [2.24, 2.45) is 5.92 Å². The number of hydrogen-bond acceptors (Lipinski definition) is 6. The van der Waals surface area contributed by atoms with Crippen LogP contribution in [0.25, 0.3) is 0 Å². The molecule has 1 atom stereocenters. The number of amides is 1. The van der Waals surface area contributed by atoms with Crippen molar-refractivity contribution in [3.05, 3.63) is 16.0 Å². The van der Waals surface area contributed by atoms with Crippen LogP contribution in [-0.2, 0) is 4.79 Å². The van der Waals surface area contributed by atoms with Crippen molar-refractivity contribution in [2.75, 3.05) is 11.6 Å². The number of carbonyl (C=O) groups excluding carboxylic acids is 1. The first-order chi connectivity index (χ1) is 9.81. The molecule has 8 heteroatoms. The summed E-state index contributed by atoms with van der Waals surface area (Å²) in [5.41, 5.74) is -0.174. The Morgan fingerprint density at radius 1 is 1.33 bits per heavy atom. The molecule has 21 heavy (non-hydrogen) atoms. The largest absolute Gasteiger partial charge is 0.353 e. The van der Waals surface area contributed by atoms with Crippen molar-refractivity contribution in [1.82, 2.24) is 20.2 Å². The van der Waals surface area contributed by atoms with Gasteiger partial charge >= 0.3 is 0 Å². The van der Waals surface area contributed by atoms with E-state index in [1.165, 1.54) is 6.92 Å². The number of nitrogen functional groups attached to an aromatic ring is 1. The monoisotopic (exact) mass is 313 g/mol. The van der Waals surface area contributed by atoms with Gasteiger partial charge in [0.25, 0.3) is 5.56 Å². The van der Waals surface area contributed by atoms with Gasteiger partial charge < -0.3 is 11.2 Å². The number of carbonyl (C=O) groups is 1. The van der Waals surface area contributed by atoms with Gasteiger partial charge in [-0.1, -0.05) is 25.6 Å². The molecule has 0 unspecified atom stereocenters. The number of aryl methyl sites for hydroxylation is 1. The van der Waals surface area contributed by atoms with Crippen molar-refractivity contribution in [1.29, 1.82) is 0 Å². The standard InChI is InChI=1S/C13H23N5O2S/c1-8(2)5-6-9(3)15-11(19)7-21-13-17-16-10(4)12(20)18(13)14/h8-9H,5-7,14H2,1-4H3,(H,15,19)/t9-/m1/s1. The van der Waals surface area contributed by atoms with Crippen LogP contribution < -0.4 is 16.7 Å². The molecule has 118 valence electrons. The maximum absolute atomic E-state index is 11.8.